The summed E-state index contributed by atoms with van der Waals surface area (Å²) in [6.07, 6.45) is 2.83. The van der Waals surface area contributed by atoms with Crippen LogP contribution in [0.25, 0.3) is 22.1 Å². The predicted octanol–water partition coefficient (Wildman–Crippen LogP) is 2.45. The van der Waals surface area contributed by atoms with Crippen molar-refractivity contribution in [2.75, 3.05) is 11.5 Å². The Bertz CT molecular complexity index is 1040. The standard InChI is InChI=1S/C8H10BrN5.C5H4BrN5/c1-4(2)14-8-5(6(9)13-14)7(10)11-3-12-8;6-3-2-4(7)8-1-9-5(2)11-10-3/h3-4H,1-2H3,(H2,10,11,12);1H,(H3,7,8,9,10,11). The normalized spacial score (nSPS) is 11.1. The summed E-state index contributed by atoms with van der Waals surface area (Å²) < 4.78 is 3.22. The van der Waals surface area contributed by atoms with Gasteiger partial charge in [-0.15, -0.1) is 0 Å². The lowest BCUT2D eigenvalue weighted by Crippen LogP contribution is -2.03. The minimum Gasteiger partial charge on any atom is -0.383 e. The fraction of sp³-hybridized carbons (Fsp3) is 0.231. The Labute approximate surface area is 158 Å². The van der Waals surface area contributed by atoms with Crippen LogP contribution in [0.3, 0.4) is 0 Å². The second-order valence-electron chi connectivity index (χ2n) is 5.28. The third-order valence-electron chi connectivity index (χ3n) is 3.30. The van der Waals surface area contributed by atoms with Crippen LogP contribution in [0.1, 0.15) is 19.9 Å². The van der Waals surface area contributed by atoms with Crippen molar-refractivity contribution in [3.63, 3.8) is 0 Å². The largest absolute Gasteiger partial charge is 0.383 e. The quantitative estimate of drug-likeness (QED) is 0.384. The van der Waals surface area contributed by atoms with Gasteiger partial charge >= 0.3 is 0 Å². The van der Waals surface area contributed by atoms with E-state index in [0.29, 0.717) is 26.5 Å². The Hall–Kier alpha value is -2.34. The molecule has 0 bridgehead atoms. The van der Waals surface area contributed by atoms with E-state index in [9.17, 15) is 0 Å². The van der Waals surface area contributed by atoms with Crippen molar-refractivity contribution < 1.29 is 0 Å². The van der Waals surface area contributed by atoms with Crippen molar-refractivity contribution in [1.82, 2.24) is 39.9 Å². The van der Waals surface area contributed by atoms with Gasteiger partial charge in [0.1, 0.15) is 33.5 Å². The third kappa shape index (κ3) is 3.26. The Kier molecular flexibility index (Phi) is 4.81. The molecule has 4 rings (SSSR count). The molecule has 25 heavy (non-hydrogen) atoms. The summed E-state index contributed by atoms with van der Waals surface area (Å²) in [6.45, 7) is 4.08. The minimum absolute atomic E-state index is 0.248. The molecule has 4 heterocycles. The molecular formula is C13H14Br2N10. The Balaban J connectivity index is 0.000000150. The molecular weight excluding hydrogens is 456 g/mol. The molecule has 4 aromatic heterocycles. The van der Waals surface area contributed by atoms with Crippen LogP contribution in [0.2, 0.25) is 0 Å². The van der Waals surface area contributed by atoms with Gasteiger partial charge in [-0.1, -0.05) is 0 Å². The smallest absolute Gasteiger partial charge is 0.187 e. The summed E-state index contributed by atoms with van der Waals surface area (Å²) in [5, 5.41) is 12.4. The first-order valence-corrected chi connectivity index (χ1v) is 8.73. The van der Waals surface area contributed by atoms with Gasteiger partial charge in [-0.05, 0) is 45.7 Å². The molecule has 0 aliphatic heterocycles. The van der Waals surface area contributed by atoms with Crippen molar-refractivity contribution in [1.29, 1.82) is 0 Å². The maximum absolute atomic E-state index is 5.74. The molecule has 12 heteroatoms. The first-order chi connectivity index (χ1) is 11.9. The molecule has 10 nitrogen and oxygen atoms in total. The van der Waals surface area contributed by atoms with Crippen LogP contribution in [-0.2, 0) is 0 Å². The lowest BCUT2D eigenvalue weighted by molar-refractivity contribution is 0.543. The van der Waals surface area contributed by atoms with Crippen molar-refractivity contribution >= 4 is 65.6 Å². The third-order valence-corrected chi connectivity index (χ3v) is 4.43. The van der Waals surface area contributed by atoms with E-state index < -0.39 is 0 Å². The summed E-state index contributed by atoms with van der Waals surface area (Å²) >= 11 is 6.58. The first-order valence-electron chi connectivity index (χ1n) is 7.14. The molecule has 0 aliphatic rings. The van der Waals surface area contributed by atoms with Gasteiger partial charge in [0, 0.05) is 6.04 Å². The number of nitrogen functional groups attached to an aromatic ring is 2. The zero-order valence-corrected chi connectivity index (χ0v) is 16.4. The molecule has 0 aromatic carbocycles. The van der Waals surface area contributed by atoms with Gasteiger partial charge < -0.3 is 11.5 Å². The highest BCUT2D eigenvalue weighted by Gasteiger charge is 2.14. The lowest BCUT2D eigenvalue weighted by atomic mass is 10.3. The van der Waals surface area contributed by atoms with Crippen LogP contribution in [0.4, 0.5) is 11.6 Å². The number of nitrogens with two attached hydrogens (primary N) is 2. The number of nitrogens with one attached hydrogen (secondary N) is 1. The van der Waals surface area contributed by atoms with E-state index in [1.807, 2.05) is 18.5 Å². The molecule has 0 spiro atoms. The number of nitrogens with zero attached hydrogens (tertiary/aromatic N) is 7. The van der Waals surface area contributed by atoms with Crippen LogP contribution >= 0.6 is 31.9 Å². The number of halogens is 2. The second-order valence-corrected chi connectivity index (χ2v) is 6.83. The zero-order chi connectivity index (χ0) is 18.1. The molecule has 0 atom stereocenters. The van der Waals surface area contributed by atoms with Gasteiger partial charge in [0.25, 0.3) is 0 Å². The molecule has 0 aliphatic carbocycles. The fourth-order valence-corrected chi connectivity index (χ4v) is 3.18. The fourth-order valence-electron chi connectivity index (χ4n) is 2.16. The van der Waals surface area contributed by atoms with Crippen LogP contribution in [-0.4, -0.2) is 39.9 Å². The van der Waals surface area contributed by atoms with E-state index in [4.69, 9.17) is 11.5 Å². The summed E-state index contributed by atoms with van der Waals surface area (Å²) in [6, 6.07) is 0.248. The van der Waals surface area contributed by atoms with Crippen molar-refractivity contribution in [3.8, 4) is 0 Å². The Morgan fingerprint density at radius 1 is 1.00 bits per heavy atom. The molecule has 0 radical (unpaired) electrons. The van der Waals surface area contributed by atoms with Crippen LogP contribution in [0.5, 0.6) is 0 Å². The van der Waals surface area contributed by atoms with E-state index in [1.165, 1.54) is 12.7 Å². The number of anilines is 2. The van der Waals surface area contributed by atoms with Crippen molar-refractivity contribution in [2.24, 2.45) is 0 Å². The number of hydrogen-bond donors (Lipinski definition) is 3. The number of hydrogen-bond acceptors (Lipinski definition) is 8. The topological polar surface area (TPSA) is 150 Å². The highest BCUT2D eigenvalue weighted by Crippen LogP contribution is 2.27. The molecule has 0 fully saturated rings. The van der Waals surface area contributed by atoms with Gasteiger partial charge in [-0.3, -0.25) is 5.10 Å². The Morgan fingerprint density at radius 2 is 1.64 bits per heavy atom. The van der Waals surface area contributed by atoms with Gasteiger partial charge in [-0.2, -0.15) is 10.2 Å². The maximum Gasteiger partial charge on any atom is 0.187 e. The molecule has 5 N–H and O–H groups in total. The van der Waals surface area contributed by atoms with Gasteiger partial charge in [0.2, 0.25) is 0 Å². The van der Waals surface area contributed by atoms with E-state index in [2.05, 4.69) is 67.1 Å². The summed E-state index contributed by atoms with van der Waals surface area (Å²) in [5.41, 5.74) is 12.6. The summed E-state index contributed by atoms with van der Waals surface area (Å²) in [4.78, 5) is 15.8. The summed E-state index contributed by atoms with van der Waals surface area (Å²) in [7, 11) is 0. The predicted molar refractivity (Wildman–Crippen MR) is 102 cm³/mol. The van der Waals surface area contributed by atoms with E-state index in [1.54, 1.807) is 0 Å². The number of H-pyrrole nitrogens is 1. The average molecular weight is 470 g/mol. The monoisotopic (exact) mass is 468 g/mol. The van der Waals surface area contributed by atoms with Gasteiger partial charge in [-0.25, -0.2) is 24.6 Å². The van der Waals surface area contributed by atoms with Crippen LogP contribution in [0, 0.1) is 0 Å². The van der Waals surface area contributed by atoms with Crippen molar-refractivity contribution in [2.45, 2.75) is 19.9 Å². The van der Waals surface area contributed by atoms with Crippen molar-refractivity contribution in [3.05, 3.63) is 21.9 Å². The van der Waals surface area contributed by atoms with E-state index in [0.717, 1.165) is 16.4 Å². The number of aromatic nitrogens is 8. The van der Waals surface area contributed by atoms with Gasteiger partial charge in [0.05, 0.1) is 10.8 Å². The SMILES string of the molecule is CC(C)n1nc(Br)c2c(N)ncnc21.Nc1ncnc2n[nH]c(Br)c12. The maximum atomic E-state index is 5.74. The molecule has 0 unspecified atom stereocenters. The first kappa shape index (κ1) is 17.5. The van der Waals surface area contributed by atoms with Crippen LogP contribution in [0.15, 0.2) is 21.9 Å². The molecule has 130 valence electrons. The van der Waals surface area contributed by atoms with Gasteiger partial charge in [0.15, 0.2) is 11.3 Å². The highest BCUT2D eigenvalue weighted by atomic mass is 79.9. The molecule has 4 aromatic rings. The second kappa shape index (κ2) is 6.88. The molecule has 0 amide bonds. The number of rotatable bonds is 1. The number of aromatic amines is 1. The average Bonchev–Trinajstić information content (AvgIpc) is 3.11. The number of fused-ring (bicyclic) bond motifs is 2. The van der Waals surface area contributed by atoms with Crippen LogP contribution < -0.4 is 11.5 Å². The molecule has 0 saturated heterocycles. The highest BCUT2D eigenvalue weighted by molar-refractivity contribution is 9.10. The zero-order valence-electron chi connectivity index (χ0n) is 13.3. The lowest BCUT2D eigenvalue weighted by Gasteiger charge is -2.05. The van der Waals surface area contributed by atoms with E-state index in [-0.39, 0.29) is 6.04 Å². The Morgan fingerprint density at radius 3 is 2.28 bits per heavy atom. The minimum atomic E-state index is 0.248. The van der Waals surface area contributed by atoms with E-state index >= 15 is 0 Å². The summed E-state index contributed by atoms with van der Waals surface area (Å²) in [5.74, 6) is 0.879. The molecule has 0 saturated carbocycles.